The van der Waals surface area contributed by atoms with E-state index in [0.717, 1.165) is 11.8 Å². The molecule has 0 spiro atoms. The first kappa shape index (κ1) is 10.2. The highest BCUT2D eigenvalue weighted by atomic mass is 32.2. The molecule has 0 saturated carbocycles. The van der Waals surface area contributed by atoms with Crippen molar-refractivity contribution >= 4 is 10.0 Å². The first-order valence-electron chi connectivity index (χ1n) is 3.91. The van der Waals surface area contributed by atoms with Crippen LogP contribution in [0.5, 0.6) is 0 Å². The molecule has 13 heavy (non-hydrogen) atoms. The summed E-state index contributed by atoms with van der Waals surface area (Å²) in [6, 6.07) is 9.58. The number of hydrogen-bond donors (Lipinski definition) is 1. The van der Waals surface area contributed by atoms with Gasteiger partial charge in [0.1, 0.15) is 0 Å². The van der Waals surface area contributed by atoms with Gasteiger partial charge in [-0.05, 0) is 5.56 Å². The molecule has 4 heteroatoms. The minimum Gasteiger partial charge on any atom is -0.215 e. The highest BCUT2D eigenvalue weighted by molar-refractivity contribution is 7.88. The third kappa shape index (κ3) is 4.65. The molecule has 0 aliphatic rings. The summed E-state index contributed by atoms with van der Waals surface area (Å²) < 4.78 is 23.8. The van der Waals surface area contributed by atoms with Crippen LogP contribution in [-0.2, 0) is 10.0 Å². The molecule has 1 aromatic carbocycles. The Balaban J connectivity index is 2.37. The van der Waals surface area contributed by atoms with Crippen molar-refractivity contribution in [3.05, 3.63) is 42.3 Å². The molecular formula is C9H12NO2S. The van der Waals surface area contributed by atoms with Crippen LogP contribution in [0.4, 0.5) is 0 Å². The van der Waals surface area contributed by atoms with Gasteiger partial charge in [0.05, 0.1) is 6.26 Å². The smallest absolute Gasteiger partial charge is 0.208 e. The zero-order chi connectivity index (χ0) is 9.73. The van der Waals surface area contributed by atoms with E-state index in [-0.39, 0.29) is 0 Å². The second-order valence-electron chi connectivity index (χ2n) is 2.74. The summed E-state index contributed by atoms with van der Waals surface area (Å²) in [4.78, 5) is 0. The van der Waals surface area contributed by atoms with E-state index in [9.17, 15) is 8.42 Å². The van der Waals surface area contributed by atoms with E-state index in [2.05, 4.69) is 4.72 Å². The minimum atomic E-state index is -3.08. The Bertz CT molecular complexity index is 345. The first-order valence-corrected chi connectivity index (χ1v) is 5.80. The van der Waals surface area contributed by atoms with Gasteiger partial charge in [-0.15, -0.1) is 0 Å². The van der Waals surface area contributed by atoms with Crippen LogP contribution in [0.15, 0.2) is 30.3 Å². The number of benzene rings is 1. The summed E-state index contributed by atoms with van der Waals surface area (Å²) in [5.74, 6) is 0. The molecule has 3 nitrogen and oxygen atoms in total. The quantitative estimate of drug-likeness (QED) is 0.777. The molecule has 1 N–H and O–H groups in total. The van der Waals surface area contributed by atoms with E-state index in [1.807, 2.05) is 36.8 Å². The van der Waals surface area contributed by atoms with Crippen LogP contribution >= 0.6 is 0 Å². The van der Waals surface area contributed by atoms with E-state index in [0.29, 0.717) is 6.54 Å². The van der Waals surface area contributed by atoms with Crippen molar-refractivity contribution in [3.63, 3.8) is 0 Å². The molecule has 0 aliphatic heterocycles. The Kier molecular flexibility index (Phi) is 3.45. The zero-order valence-corrected chi connectivity index (χ0v) is 8.21. The molecule has 1 rings (SSSR count). The lowest BCUT2D eigenvalue weighted by atomic mass is 10.2. The molecule has 0 aromatic heterocycles. The highest BCUT2D eigenvalue weighted by Gasteiger charge is 1.99. The lowest BCUT2D eigenvalue weighted by Crippen LogP contribution is -2.23. The Labute approximate surface area is 78.8 Å². The van der Waals surface area contributed by atoms with Crippen LogP contribution in [0, 0.1) is 6.42 Å². The average molecular weight is 198 g/mol. The molecule has 1 aromatic rings. The van der Waals surface area contributed by atoms with Crippen molar-refractivity contribution in [3.8, 4) is 0 Å². The van der Waals surface area contributed by atoms with Gasteiger partial charge in [0.2, 0.25) is 10.0 Å². The van der Waals surface area contributed by atoms with Gasteiger partial charge < -0.3 is 0 Å². The molecule has 0 heterocycles. The van der Waals surface area contributed by atoms with E-state index < -0.39 is 10.0 Å². The van der Waals surface area contributed by atoms with Crippen molar-refractivity contribution < 1.29 is 8.42 Å². The zero-order valence-electron chi connectivity index (χ0n) is 7.40. The molecule has 0 atom stereocenters. The van der Waals surface area contributed by atoms with E-state index in [1.165, 1.54) is 0 Å². The molecule has 0 bridgehead atoms. The molecular weight excluding hydrogens is 186 g/mol. The van der Waals surface area contributed by atoms with Crippen LogP contribution < -0.4 is 4.72 Å². The van der Waals surface area contributed by atoms with E-state index >= 15 is 0 Å². The fourth-order valence-corrected chi connectivity index (χ4v) is 1.29. The van der Waals surface area contributed by atoms with Gasteiger partial charge in [-0.1, -0.05) is 30.3 Å². The van der Waals surface area contributed by atoms with Crippen molar-refractivity contribution in [1.29, 1.82) is 0 Å². The maximum Gasteiger partial charge on any atom is 0.208 e. The molecule has 71 valence electrons. The SMILES string of the molecule is CS(=O)(=O)NC[CH]c1ccccc1. The Hall–Kier alpha value is -0.870. The predicted molar refractivity (Wildman–Crippen MR) is 52.7 cm³/mol. The van der Waals surface area contributed by atoms with Gasteiger partial charge in [-0.3, -0.25) is 0 Å². The summed E-state index contributed by atoms with van der Waals surface area (Å²) in [5.41, 5.74) is 1.01. The minimum absolute atomic E-state index is 0.336. The third-order valence-corrected chi connectivity index (χ3v) is 2.17. The second-order valence-corrected chi connectivity index (χ2v) is 4.57. The Morgan fingerprint density at radius 1 is 1.31 bits per heavy atom. The van der Waals surface area contributed by atoms with Gasteiger partial charge in [-0.25, -0.2) is 13.1 Å². The second kappa shape index (κ2) is 4.39. The van der Waals surface area contributed by atoms with Crippen molar-refractivity contribution in [2.24, 2.45) is 0 Å². The van der Waals surface area contributed by atoms with Crippen molar-refractivity contribution in [2.45, 2.75) is 0 Å². The topological polar surface area (TPSA) is 46.2 Å². The summed E-state index contributed by atoms with van der Waals surface area (Å²) >= 11 is 0. The lowest BCUT2D eigenvalue weighted by molar-refractivity contribution is 0.591. The summed E-state index contributed by atoms with van der Waals surface area (Å²) in [5, 5.41) is 0. The number of nitrogens with one attached hydrogen (secondary N) is 1. The van der Waals surface area contributed by atoms with Gasteiger partial charge in [-0.2, -0.15) is 0 Å². The van der Waals surface area contributed by atoms with Crippen LogP contribution in [0.2, 0.25) is 0 Å². The summed E-state index contributed by atoms with van der Waals surface area (Å²) in [6.07, 6.45) is 2.97. The van der Waals surface area contributed by atoms with Crippen LogP contribution in [0.3, 0.4) is 0 Å². The van der Waals surface area contributed by atoms with Gasteiger partial charge in [0.15, 0.2) is 0 Å². The molecule has 0 aliphatic carbocycles. The molecule has 1 radical (unpaired) electrons. The van der Waals surface area contributed by atoms with E-state index in [1.54, 1.807) is 0 Å². The van der Waals surface area contributed by atoms with E-state index in [4.69, 9.17) is 0 Å². The largest absolute Gasteiger partial charge is 0.215 e. The molecule has 0 amide bonds. The van der Waals surface area contributed by atoms with Crippen LogP contribution in [0.25, 0.3) is 0 Å². The normalized spacial score (nSPS) is 11.5. The van der Waals surface area contributed by atoms with Crippen molar-refractivity contribution in [2.75, 3.05) is 12.8 Å². The Morgan fingerprint density at radius 3 is 2.46 bits per heavy atom. The third-order valence-electron chi connectivity index (χ3n) is 1.48. The maximum absolute atomic E-state index is 10.7. The first-order chi connectivity index (χ1) is 6.08. The standard InChI is InChI=1S/C9H12NO2S/c1-13(11,12)10-8-7-9-5-3-2-4-6-9/h2-7,10H,8H2,1H3. The lowest BCUT2D eigenvalue weighted by Gasteiger charge is -2.01. The van der Waals surface area contributed by atoms with Gasteiger partial charge in [0.25, 0.3) is 0 Å². The van der Waals surface area contributed by atoms with Gasteiger partial charge in [0, 0.05) is 13.0 Å². The van der Waals surface area contributed by atoms with Gasteiger partial charge >= 0.3 is 0 Å². The summed E-state index contributed by atoms with van der Waals surface area (Å²) in [7, 11) is -3.08. The number of hydrogen-bond acceptors (Lipinski definition) is 2. The highest BCUT2D eigenvalue weighted by Crippen LogP contribution is 2.00. The predicted octanol–water partition coefficient (Wildman–Crippen LogP) is 0.788. The molecule has 0 unspecified atom stereocenters. The monoisotopic (exact) mass is 198 g/mol. The van der Waals surface area contributed by atoms with Crippen molar-refractivity contribution in [1.82, 2.24) is 4.72 Å². The van der Waals surface area contributed by atoms with Crippen LogP contribution in [0.1, 0.15) is 5.56 Å². The fraction of sp³-hybridized carbons (Fsp3) is 0.222. The Morgan fingerprint density at radius 2 is 1.92 bits per heavy atom. The molecule has 0 saturated heterocycles. The molecule has 0 fully saturated rings. The maximum atomic E-state index is 10.7. The average Bonchev–Trinajstić information content (AvgIpc) is 2.04. The number of sulfonamides is 1. The summed E-state index contributed by atoms with van der Waals surface area (Å²) in [6.45, 7) is 0.336. The van der Waals surface area contributed by atoms with Crippen LogP contribution in [-0.4, -0.2) is 21.2 Å². The fourth-order valence-electron chi connectivity index (χ4n) is 0.900. The number of rotatable bonds is 4.